The van der Waals surface area contributed by atoms with E-state index in [-0.39, 0.29) is 6.79 Å². The fraction of sp³-hybridized carbons (Fsp3) is 0.150. The van der Waals surface area contributed by atoms with E-state index in [1.807, 2.05) is 55.5 Å². The first-order valence-electron chi connectivity index (χ1n) is 8.64. The van der Waals surface area contributed by atoms with E-state index in [1.54, 1.807) is 0 Å². The van der Waals surface area contributed by atoms with Crippen LogP contribution in [0.15, 0.2) is 62.6 Å². The lowest BCUT2D eigenvalue weighted by atomic mass is 10.2. The molecule has 1 aliphatic rings. The summed E-state index contributed by atoms with van der Waals surface area (Å²) in [5.41, 5.74) is 2.59. The molecular formula is C20H15N3O4S. The highest BCUT2D eigenvalue weighted by Crippen LogP contribution is 2.36. The summed E-state index contributed by atoms with van der Waals surface area (Å²) in [5, 5.41) is 8.70. The highest BCUT2D eigenvalue weighted by atomic mass is 32.2. The molecule has 0 N–H and O–H groups in total. The molecule has 0 fully saturated rings. The zero-order chi connectivity index (χ0) is 18.9. The minimum Gasteiger partial charge on any atom is -0.454 e. The Morgan fingerprint density at radius 3 is 2.64 bits per heavy atom. The highest BCUT2D eigenvalue weighted by molar-refractivity contribution is 7.98. The third kappa shape index (κ3) is 3.22. The van der Waals surface area contributed by atoms with Crippen molar-refractivity contribution in [3.8, 4) is 34.4 Å². The first-order chi connectivity index (χ1) is 13.8. The van der Waals surface area contributed by atoms with Gasteiger partial charge in [0.25, 0.3) is 5.22 Å². The van der Waals surface area contributed by atoms with Crippen LogP contribution >= 0.6 is 11.8 Å². The molecule has 8 heteroatoms. The Hall–Kier alpha value is -3.26. The second-order valence-electron chi connectivity index (χ2n) is 6.12. The predicted octanol–water partition coefficient (Wildman–Crippen LogP) is 4.72. The zero-order valence-electron chi connectivity index (χ0n) is 14.9. The van der Waals surface area contributed by atoms with E-state index in [1.165, 1.54) is 11.8 Å². The van der Waals surface area contributed by atoms with Crippen molar-refractivity contribution in [3.63, 3.8) is 0 Å². The average molecular weight is 393 g/mol. The Bertz CT molecular complexity index is 1120. The summed E-state index contributed by atoms with van der Waals surface area (Å²) in [7, 11) is 0. The number of aromatic nitrogens is 3. The summed E-state index contributed by atoms with van der Waals surface area (Å²) in [5.74, 6) is 3.79. The van der Waals surface area contributed by atoms with Crippen LogP contribution in [0.1, 0.15) is 11.5 Å². The summed E-state index contributed by atoms with van der Waals surface area (Å²) >= 11 is 1.42. The fourth-order valence-corrected chi connectivity index (χ4v) is 3.57. The molecule has 0 atom stereocenters. The monoisotopic (exact) mass is 393 g/mol. The lowest BCUT2D eigenvalue weighted by molar-refractivity contribution is 0.174. The van der Waals surface area contributed by atoms with Crippen LogP contribution in [0.2, 0.25) is 0 Å². The Balaban J connectivity index is 1.30. The molecule has 0 saturated carbocycles. The van der Waals surface area contributed by atoms with Crippen LogP contribution in [0, 0.1) is 6.92 Å². The number of ether oxygens (including phenoxy) is 2. The summed E-state index contributed by atoms with van der Waals surface area (Å²) in [6.07, 6.45) is 0. The quantitative estimate of drug-likeness (QED) is 0.450. The Morgan fingerprint density at radius 1 is 0.893 bits per heavy atom. The topological polar surface area (TPSA) is 83.4 Å². The fourth-order valence-electron chi connectivity index (χ4n) is 2.81. The van der Waals surface area contributed by atoms with Crippen LogP contribution < -0.4 is 9.47 Å². The van der Waals surface area contributed by atoms with Crippen LogP contribution in [0.3, 0.4) is 0 Å². The molecule has 28 heavy (non-hydrogen) atoms. The molecule has 4 aromatic rings. The number of benzene rings is 2. The summed E-state index contributed by atoms with van der Waals surface area (Å²) < 4.78 is 22.3. The lowest BCUT2D eigenvalue weighted by Crippen LogP contribution is -1.92. The molecule has 0 aliphatic carbocycles. The van der Waals surface area contributed by atoms with Crippen molar-refractivity contribution in [1.29, 1.82) is 0 Å². The van der Waals surface area contributed by atoms with Crippen LogP contribution in [0.4, 0.5) is 0 Å². The van der Waals surface area contributed by atoms with Gasteiger partial charge < -0.3 is 18.3 Å². The minimum atomic E-state index is 0.228. The van der Waals surface area contributed by atoms with Crippen molar-refractivity contribution >= 4 is 11.8 Å². The van der Waals surface area contributed by atoms with Crippen molar-refractivity contribution in [2.75, 3.05) is 6.79 Å². The van der Waals surface area contributed by atoms with E-state index in [2.05, 4.69) is 15.2 Å². The summed E-state index contributed by atoms with van der Waals surface area (Å²) in [6, 6.07) is 15.3. The molecule has 0 spiro atoms. The molecule has 5 rings (SSSR count). The molecule has 0 amide bonds. The highest BCUT2D eigenvalue weighted by Gasteiger charge is 2.18. The second kappa shape index (κ2) is 7.05. The van der Waals surface area contributed by atoms with E-state index < -0.39 is 0 Å². The lowest BCUT2D eigenvalue weighted by Gasteiger charge is -1.98. The standard InChI is InChI=1S/C20H15N3O4S/c1-12-15(21-18(26-12)13-5-3-2-4-6-13)10-28-20-23-22-19(27-20)14-7-8-16-17(9-14)25-11-24-16/h2-9H,10-11H2,1H3. The first-order valence-corrected chi connectivity index (χ1v) is 9.63. The third-order valence-electron chi connectivity index (χ3n) is 4.27. The van der Waals surface area contributed by atoms with Crippen LogP contribution in [0.5, 0.6) is 11.5 Å². The SMILES string of the molecule is Cc1oc(-c2ccccc2)nc1CSc1nnc(-c2ccc3c(c2)OCO3)o1. The molecule has 3 heterocycles. The van der Waals surface area contributed by atoms with Crippen molar-refractivity contribution < 1.29 is 18.3 Å². The van der Waals surface area contributed by atoms with E-state index in [4.69, 9.17) is 18.3 Å². The molecule has 0 unspecified atom stereocenters. The smallest absolute Gasteiger partial charge is 0.277 e. The van der Waals surface area contributed by atoms with Crippen molar-refractivity contribution in [2.24, 2.45) is 0 Å². The number of hydrogen-bond acceptors (Lipinski definition) is 8. The van der Waals surface area contributed by atoms with Gasteiger partial charge in [-0.1, -0.05) is 30.0 Å². The molecular weight excluding hydrogens is 378 g/mol. The van der Waals surface area contributed by atoms with Gasteiger partial charge in [0.2, 0.25) is 18.6 Å². The number of nitrogens with zero attached hydrogens (tertiary/aromatic N) is 3. The van der Waals surface area contributed by atoms with E-state index in [0.29, 0.717) is 34.3 Å². The van der Waals surface area contributed by atoms with Gasteiger partial charge in [0.15, 0.2) is 11.5 Å². The van der Waals surface area contributed by atoms with Gasteiger partial charge in [-0.25, -0.2) is 4.98 Å². The number of rotatable bonds is 5. The molecule has 0 bridgehead atoms. The number of aryl methyl sites for hydroxylation is 1. The second-order valence-corrected chi connectivity index (χ2v) is 7.04. The molecule has 2 aromatic carbocycles. The largest absolute Gasteiger partial charge is 0.454 e. The van der Waals surface area contributed by atoms with E-state index in [0.717, 1.165) is 22.6 Å². The van der Waals surface area contributed by atoms with Gasteiger partial charge in [0.05, 0.1) is 5.69 Å². The van der Waals surface area contributed by atoms with Gasteiger partial charge in [0.1, 0.15) is 5.76 Å². The molecule has 2 aromatic heterocycles. The third-order valence-corrected chi connectivity index (χ3v) is 5.10. The predicted molar refractivity (Wildman–Crippen MR) is 102 cm³/mol. The number of hydrogen-bond donors (Lipinski definition) is 0. The van der Waals surface area contributed by atoms with Crippen molar-refractivity contribution in [2.45, 2.75) is 17.9 Å². The zero-order valence-corrected chi connectivity index (χ0v) is 15.7. The summed E-state index contributed by atoms with van der Waals surface area (Å²) in [6.45, 7) is 2.13. The Kier molecular flexibility index (Phi) is 4.25. The Morgan fingerprint density at radius 2 is 1.75 bits per heavy atom. The number of oxazole rings is 1. The number of fused-ring (bicyclic) bond motifs is 1. The maximum atomic E-state index is 5.79. The maximum Gasteiger partial charge on any atom is 0.277 e. The summed E-state index contributed by atoms with van der Waals surface area (Å²) in [4.78, 5) is 4.59. The number of thioether (sulfide) groups is 1. The molecule has 0 radical (unpaired) electrons. The van der Waals surface area contributed by atoms with Crippen LogP contribution in [0.25, 0.3) is 22.9 Å². The molecule has 0 saturated heterocycles. The molecule has 7 nitrogen and oxygen atoms in total. The van der Waals surface area contributed by atoms with Crippen LogP contribution in [-0.2, 0) is 5.75 Å². The van der Waals surface area contributed by atoms with Gasteiger partial charge >= 0.3 is 0 Å². The molecule has 1 aliphatic heterocycles. The normalized spacial score (nSPS) is 12.5. The van der Waals surface area contributed by atoms with Crippen LogP contribution in [-0.4, -0.2) is 22.0 Å². The average Bonchev–Trinajstić information content (AvgIpc) is 3.46. The minimum absolute atomic E-state index is 0.228. The van der Waals surface area contributed by atoms with Crippen molar-refractivity contribution in [3.05, 3.63) is 60.0 Å². The van der Waals surface area contributed by atoms with Gasteiger partial charge in [0, 0.05) is 16.9 Å². The van der Waals surface area contributed by atoms with E-state index in [9.17, 15) is 0 Å². The van der Waals surface area contributed by atoms with Gasteiger partial charge in [-0.2, -0.15) is 0 Å². The van der Waals surface area contributed by atoms with Crippen molar-refractivity contribution in [1.82, 2.24) is 15.2 Å². The van der Waals surface area contributed by atoms with Gasteiger partial charge in [-0.15, -0.1) is 10.2 Å². The molecule has 140 valence electrons. The van der Waals surface area contributed by atoms with Gasteiger partial charge in [-0.05, 0) is 37.3 Å². The van der Waals surface area contributed by atoms with Gasteiger partial charge in [-0.3, -0.25) is 0 Å². The maximum absolute atomic E-state index is 5.79. The Labute approximate surface area is 164 Å². The first kappa shape index (κ1) is 16.9. The van der Waals surface area contributed by atoms with E-state index >= 15 is 0 Å².